The molecule has 44 heavy (non-hydrogen) atoms. The van der Waals surface area contributed by atoms with Crippen molar-refractivity contribution in [3.8, 4) is 5.75 Å². The number of hydrogen-bond acceptors (Lipinski definition) is 11. The van der Waals surface area contributed by atoms with Gasteiger partial charge in [-0.25, -0.2) is 0 Å². The molecule has 1 aliphatic rings. The van der Waals surface area contributed by atoms with Gasteiger partial charge in [-0.05, 0) is 0 Å². The molecule has 0 saturated carbocycles. The summed E-state index contributed by atoms with van der Waals surface area (Å²) in [5, 5.41) is 39.0. The first-order valence-electron chi connectivity index (χ1n) is 14.1. The van der Waals surface area contributed by atoms with Crippen molar-refractivity contribution in [2.45, 2.75) is 14.7 Å². The Morgan fingerprint density at radius 3 is 1.66 bits per heavy atom. The van der Waals surface area contributed by atoms with Crippen LogP contribution in [0.2, 0.25) is 2.20 Å². The van der Waals surface area contributed by atoms with Crippen molar-refractivity contribution in [2.24, 2.45) is 0 Å². The Hall–Kier alpha value is -1.54. The van der Waals surface area contributed by atoms with Gasteiger partial charge in [0, 0.05) is 0 Å². The monoisotopic (exact) mass is 789 g/mol. The maximum atomic E-state index is 12.5. The van der Waals surface area contributed by atoms with Crippen molar-refractivity contribution in [3.05, 3.63) is 29.8 Å². The molecule has 0 radical (unpaired) electrons. The number of carboxylic acids is 3. The van der Waals surface area contributed by atoms with Crippen LogP contribution in [0.15, 0.2) is 24.3 Å². The molecule has 0 spiro atoms. The molecule has 17 heteroatoms. The van der Waals surface area contributed by atoms with Crippen molar-refractivity contribution in [1.29, 1.82) is 0 Å². The summed E-state index contributed by atoms with van der Waals surface area (Å²) in [4.78, 5) is 39.5. The summed E-state index contributed by atoms with van der Waals surface area (Å²) in [6.45, 7) is 2.56. The van der Waals surface area contributed by atoms with Gasteiger partial charge in [-0.15, -0.1) is 0 Å². The first-order chi connectivity index (χ1) is 20.7. The third-order valence-electron chi connectivity index (χ3n) is 6.93. The number of sulfonamides is 1. The molecule has 1 saturated heterocycles. The van der Waals surface area contributed by atoms with Gasteiger partial charge in [-0.3, -0.25) is 0 Å². The molecule has 0 aromatic heterocycles. The van der Waals surface area contributed by atoms with Crippen LogP contribution >= 0.6 is 0 Å². The molecule has 1 aliphatic heterocycles. The van der Waals surface area contributed by atoms with E-state index in [0.717, 1.165) is 11.8 Å². The van der Waals surface area contributed by atoms with Crippen LogP contribution in [-0.4, -0.2) is 171 Å². The Morgan fingerprint density at radius 2 is 1.27 bits per heavy atom. The van der Waals surface area contributed by atoms with Crippen molar-refractivity contribution in [1.82, 2.24) is 20.1 Å². The van der Waals surface area contributed by atoms with Crippen molar-refractivity contribution >= 4 is 27.9 Å². The molecule has 0 aliphatic carbocycles. The quantitative estimate of drug-likeness (QED) is 0.156. The molecular formula is C27H45GdN5O10S. The molecule has 1 heterocycles. The number of ether oxygens (including phenoxy) is 1. The van der Waals surface area contributed by atoms with E-state index in [1.807, 2.05) is 12.1 Å². The first kappa shape index (κ1) is 38.6. The van der Waals surface area contributed by atoms with E-state index in [1.54, 1.807) is 33.9 Å². The van der Waals surface area contributed by atoms with Crippen LogP contribution in [0, 0.1) is 36.3 Å². The molecule has 1 atom stereocenters. The van der Waals surface area contributed by atoms with Crippen LogP contribution in [0.4, 0.5) is 0 Å². The Balaban J connectivity index is 2.06. The number of hydrogen-bond donors (Lipinski definition) is 4. The summed E-state index contributed by atoms with van der Waals surface area (Å²) in [7, 11) is -2.01. The van der Waals surface area contributed by atoms with Gasteiger partial charge >= 0.3 is 281 Å². The number of aliphatic hydroxyl groups excluding tert-OH is 1. The van der Waals surface area contributed by atoms with Crippen LogP contribution in [0.3, 0.4) is 0 Å². The average molecular weight is 789 g/mol. The molecule has 1 aromatic carbocycles. The first-order valence-corrected chi connectivity index (χ1v) is 18.6. The fraction of sp³-hybridized carbons (Fsp3) is 0.667. The van der Waals surface area contributed by atoms with Gasteiger partial charge < -0.3 is 0 Å². The summed E-state index contributed by atoms with van der Waals surface area (Å²) >= 11 is -1.14. The predicted molar refractivity (Wildman–Crippen MR) is 158 cm³/mol. The van der Waals surface area contributed by atoms with Crippen molar-refractivity contribution < 1.29 is 84.2 Å². The zero-order valence-corrected chi connectivity index (χ0v) is 28.3. The number of carbonyl (C=O) groups is 3. The Kier molecular flexibility index (Phi) is 17.4. The van der Waals surface area contributed by atoms with Crippen molar-refractivity contribution in [2.75, 3.05) is 98.4 Å². The van der Waals surface area contributed by atoms with E-state index in [4.69, 9.17) is 4.74 Å². The molecule has 0 amide bonds. The summed E-state index contributed by atoms with van der Waals surface area (Å²) in [5.74, 6) is -2.31. The predicted octanol–water partition coefficient (Wildman–Crippen LogP) is -1.25. The second-order valence-electron chi connectivity index (χ2n) is 10.5. The summed E-state index contributed by atoms with van der Waals surface area (Å²) in [5.41, 5.74) is 0.936. The van der Waals surface area contributed by atoms with Gasteiger partial charge in [0.1, 0.15) is 0 Å². The standard InChI is InChI=1S/C14H25N4O6.C13H20NO4S.Gd/c19-12(20)9-16-3-1-15-2-4-17(10-13(21)22)6-8-18(7-5-16)11-14(23)24;1-11(15)10-14(19(3,16)17)9-8-12-4-6-13(18-2)7-5-12;/h1-11H2,(H,19,20)(H,21,22)(H,23,24);4-7,11,15H,1,8-10H2,2-3H3;/q-1;;+1. The normalized spacial score (nSPS) is 18.0. The minimum atomic E-state index is -3.58. The molecule has 2 rings (SSSR count). The third-order valence-corrected chi connectivity index (χ3v) is 11.7. The van der Waals surface area contributed by atoms with E-state index in [2.05, 4.69) is 1.10 Å². The molecular weight excluding hydrogens is 744 g/mol. The number of methoxy groups -OCH3 is 1. The maximum absolute atomic E-state index is 12.5. The van der Waals surface area contributed by atoms with Gasteiger partial charge in [0.15, 0.2) is 0 Å². The molecule has 15 nitrogen and oxygen atoms in total. The van der Waals surface area contributed by atoms with E-state index < -0.39 is 70.3 Å². The molecule has 1 aromatic rings. The van der Waals surface area contributed by atoms with Crippen LogP contribution in [0.25, 0.3) is 0 Å². The second kappa shape index (κ2) is 19.9. The molecule has 1 unspecified atom stereocenters. The second-order valence-corrected chi connectivity index (χ2v) is 15.6. The average Bonchev–Trinajstić information content (AvgIpc) is 2.93. The summed E-state index contributed by atoms with van der Waals surface area (Å²) in [6, 6.07) is 7.34. The molecule has 1 fully saturated rings. The van der Waals surface area contributed by atoms with Gasteiger partial charge in [0.2, 0.25) is 0 Å². The Labute approximate surface area is 279 Å². The topological polar surface area (TPSA) is 192 Å². The van der Waals surface area contributed by atoms with Crippen LogP contribution in [0.5, 0.6) is 5.75 Å². The van der Waals surface area contributed by atoms with Crippen LogP contribution in [0.1, 0.15) is 5.56 Å². The molecule has 252 valence electrons. The minimum absolute atomic E-state index is 0.0501. The fourth-order valence-corrected chi connectivity index (χ4v) is 7.95. The van der Waals surface area contributed by atoms with Gasteiger partial charge in [0.25, 0.3) is 0 Å². The zero-order chi connectivity index (χ0) is 32.7. The number of aliphatic hydroxyl groups is 1. The van der Waals surface area contributed by atoms with Crippen molar-refractivity contribution in [3.63, 3.8) is 0 Å². The van der Waals surface area contributed by atoms with E-state index in [0.29, 0.717) is 66.7 Å². The van der Waals surface area contributed by atoms with E-state index in [9.17, 15) is 43.2 Å². The summed E-state index contributed by atoms with van der Waals surface area (Å²) < 4.78 is 34.0. The van der Waals surface area contributed by atoms with E-state index >= 15 is 0 Å². The fourth-order valence-electron chi connectivity index (χ4n) is 4.55. The van der Waals surface area contributed by atoms with E-state index in [1.165, 1.54) is 4.31 Å². The van der Waals surface area contributed by atoms with Crippen LogP contribution < -0.4 is 4.74 Å². The SMILES string of the molecule is COc1ccc(CCN(CC(O)[CH2][Gd][N]2CCN(CC(=O)O)CCN(CC(=O)O)CCN(CC(=O)O)CC2)S(C)(=O)=O)cc1. The third kappa shape index (κ3) is 16.2. The molecule has 0 bridgehead atoms. The number of benzene rings is 1. The van der Waals surface area contributed by atoms with Gasteiger partial charge in [0.05, 0.1) is 0 Å². The molecule has 4 N–H and O–H groups in total. The number of rotatable bonds is 16. The van der Waals surface area contributed by atoms with E-state index in [-0.39, 0.29) is 32.7 Å². The number of aliphatic carboxylic acids is 3. The van der Waals surface area contributed by atoms with Gasteiger partial charge in [-0.2, -0.15) is 0 Å². The van der Waals surface area contributed by atoms with Gasteiger partial charge in [-0.1, -0.05) is 0 Å². The van der Waals surface area contributed by atoms with Crippen LogP contribution in [-0.2, 0) is 30.8 Å². The Bertz CT molecular complexity index is 1130. The summed E-state index contributed by atoms with van der Waals surface area (Å²) in [6.07, 6.45) is 0.687. The number of nitrogens with zero attached hydrogens (tertiary/aromatic N) is 5. The zero-order valence-electron chi connectivity index (χ0n) is 25.2. The Morgan fingerprint density at radius 1 is 0.841 bits per heavy atom. The number of carboxylic acid groups (broad SMARTS) is 3.